The molecule has 2 aromatic carbocycles. The van der Waals surface area contributed by atoms with E-state index in [0.717, 1.165) is 12.1 Å². The van der Waals surface area contributed by atoms with Crippen LogP contribution in [-0.4, -0.2) is 14.2 Å². The van der Waals surface area contributed by atoms with Gasteiger partial charge in [-0.2, -0.15) is 0 Å². The summed E-state index contributed by atoms with van der Waals surface area (Å²) in [6, 6.07) is 4.97. The number of benzene rings is 2. The second-order valence-electron chi connectivity index (χ2n) is 4.34. The molecule has 1 N–H and O–H groups in total. The highest BCUT2D eigenvalue weighted by molar-refractivity contribution is 5.43. The molecule has 0 spiro atoms. The minimum absolute atomic E-state index is 0.0207. The number of hydrogen-bond donors (Lipinski definition) is 1. The van der Waals surface area contributed by atoms with Gasteiger partial charge in [0.15, 0.2) is 17.5 Å². The van der Waals surface area contributed by atoms with Crippen molar-refractivity contribution in [2.24, 2.45) is 0 Å². The average Bonchev–Trinajstić information content (AvgIpc) is 2.49. The van der Waals surface area contributed by atoms with Crippen molar-refractivity contribution in [3.63, 3.8) is 0 Å². The van der Waals surface area contributed by atoms with Gasteiger partial charge in [0.2, 0.25) is 0 Å². The molecule has 0 aromatic heterocycles. The van der Waals surface area contributed by atoms with E-state index < -0.39 is 29.3 Å². The van der Waals surface area contributed by atoms with Crippen LogP contribution in [0.25, 0.3) is 0 Å². The van der Waals surface area contributed by atoms with Crippen molar-refractivity contribution in [1.82, 2.24) is 5.32 Å². The zero-order chi connectivity index (χ0) is 15.6. The van der Waals surface area contributed by atoms with Crippen LogP contribution in [0.2, 0.25) is 0 Å². The number of ether oxygens (including phenoxy) is 1. The fourth-order valence-corrected chi connectivity index (χ4v) is 2.19. The summed E-state index contributed by atoms with van der Waals surface area (Å²) in [5, 5.41) is 2.69. The molecule has 0 radical (unpaired) electrons. The third kappa shape index (κ3) is 2.71. The number of methoxy groups -OCH3 is 1. The smallest absolute Gasteiger partial charge is 0.194 e. The highest BCUT2D eigenvalue weighted by Gasteiger charge is 2.26. The van der Waals surface area contributed by atoms with Gasteiger partial charge < -0.3 is 10.1 Å². The van der Waals surface area contributed by atoms with Gasteiger partial charge in [0.1, 0.15) is 11.6 Å². The summed E-state index contributed by atoms with van der Waals surface area (Å²) in [6.45, 7) is 0. The van der Waals surface area contributed by atoms with Crippen LogP contribution in [0.15, 0.2) is 30.3 Å². The van der Waals surface area contributed by atoms with Gasteiger partial charge in [-0.25, -0.2) is 17.6 Å². The van der Waals surface area contributed by atoms with Crippen LogP contribution < -0.4 is 10.1 Å². The topological polar surface area (TPSA) is 21.3 Å². The summed E-state index contributed by atoms with van der Waals surface area (Å²) in [5.41, 5.74) is -0.188. The molecule has 1 unspecified atom stereocenters. The number of halogens is 4. The Morgan fingerprint density at radius 1 is 0.952 bits per heavy atom. The number of nitrogens with one attached hydrogen (secondary N) is 1. The Labute approximate surface area is 119 Å². The summed E-state index contributed by atoms with van der Waals surface area (Å²) >= 11 is 0. The molecule has 0 amide bonds. The second kappa shape index (κ2) is 6.13. The SMILES string of the molecule is CNC(c1ccc(F)c(F)c1F)c1c(F)cccc1OC. The Kier molecular flexibility index (Phi) is 4.47. The van der Waals surface area contributed by atoms with Crippen LogP contribution in [-0.2, 0) is 0 Å². The van der Waals surface area contributed by atoms with E-state index in [0.29, 0.717) is 0 Å². The maximum Gasteiger partial charge on any atom is 0.194 e. The summed E-state index contributed by atoms with van der Waals surface area (Å²) in [5.74, 6) is -4.72. The van der Waals surface area contributed by atoms with Crippen molar-refractivity contribution in [3.05, 3.63) is 64.7 Å². The van der Waals surface area contributed by atoms with E-state index >= 15 is 0 Å². The van der Waals surface area contributed by atoms with Crippen LogP contribution >= 0.6 is 0 Å². The molecule has 0 saturated carbocycles. The van der Waals surface area contributed by atoms with Crippen molar-refractivity contribution < 1.29 is 22.3 Å². The molecule has 0 fully saturated rings. The third-order valence-electron chi connectivity index (χ3n) is 3.19. The third-order valence-corrected chi connectivity index (χ3v) is 3.19. The highest BCUT2D eigenvalue weighted by atomic mass is 19.2. The van der Waals surface area contributed by atoms with Crippen molar-refractivity contribution in [1.29, 1.82) is 0 Å². The lowest BCUT2D eigenvalue weighted by Gasteiger charge is -2.21. The van der Waals surface area contributed by atoms with E-state index in [2.05, 4.69) is 5.32 Å². The van der Waals surface area contributed by atoms with E-state index in [1.165, 1.54) is 32.4 Å². The molecule has 1 atom stereocenters. The summed E-state index contributed by atoms with van der Waals surface area (Å²) in [6.07, 6.45) is 0. The maximum atomic E-state index is 14.1. The largest absolute Gasteiger partial charge is 0.496 e. The molecule has 6 heteroatoms. The summed E-state index contributed by atoms with van der Waals surface area (Å²) in [4.78, 5) is 0. The van der Waals surface area contributed by atoms with E-state index in [-0.39, 0.29) is 16.9 Å². The minimum Gasteiger partial charge on any atom is -0.496 e. The fourth-order valence-electron chi connectivity index (χ4n) is 2.19. The first-order chi connectivity index (χ1) is 10.0. The predicted octanol–water partition coefficient (Wildman–Crippen LogP) is 3.56. The van der Waals surface area contributed by atoms with Gasteiger partial charge >= 0.3 is 0 Å². The molecule has 21 heavy (non-hydrogen) atoms. The Hall–Kier alpha value is -2.08. The molecular weight excluding hydrogens is 286 g/mol. The monoisotopic (exact) mass is 299 g/mol. The molecule has 0 aliphatic rings. The second-order valence-corrected chi connectivity index (χ2v) is 4.34. The van der Waals surface area contributed by atoms with Crippen LogP contribution in [0.4, 0.5) is 17.6 Å². The predicted molar refractivity (Wildman–Crippen MR) is 70.2 cm³/mol. The van der Waals surface area contributed by atoms with Gasteiger partial charge in [-0.15, -0.1) is 0 Å². The minimum atomic E-state index is -1.59. The lowest BCUT2D eigenvalue weighted by molar-refractivity contribution is 0.395. The summed E-state index contributed by atoms with van der Waals surface area (Å²) < 4.78 is 59.5. The summed E-state index contributed by atoms with van der Waals surface area (Å²) in [7, 11) is 2.80. The van der Waals surface area contributed by atoms with Crippen LogP contribution in [0.3, 0.4) is 0 Å². The molecule has 0 aliphatic carbocycles. The van der Waals surface area contributed by atoms with Gasteiger partial charge in [0.05, 0.1) is 18.7 Å². The Bertz CT molecular complexity index is 660. The standard InChI is InChI=1S/C15H13F4NO/c1-20-15(8-6-7-10(17)14(19)13(8)18)12-9(16)4-3-5-11(12)21-2/h3-7,15,20H,1-2H3. The quantitative estimate of drug-likeness (QED) is 0.688. The van der Waals surface area contributed by atoms with Gasteiger partial charge in [0.25, 0.3) is 0 Å². The molecule has 0 saturated heterocycles. The zero-order valence-corrected chi connectivity index (χ0v) is 11.4. The molecule has 2 rings (SSSR count). The normalized spacial score (nSPS) is 12.3. The first-order valence-corrected chi connectivity index (χ1v) is 6.14. The van der Waals surface area contributed by atoms with Gasteiger partial charge in [-0.1, -0.05) is 12.1 Å². The van der Waals surface area contributed by atoms with E-state index in [1.807, 2.05) is 0 Å². The van der Waals surface area contributed by atoms with Crippen LogP contribution in [0, 0.1) is 23.3 Å². The maximum absolute atomic E-state index is 14.1. The Morgan fingerprint density at radius 3 is 2.29 bits per heavy atom. The van der Waals surface area contributed by atoms with Crippen molar-refractivity contribution in [2.75, 3.05) is 14.2 Å². The molecule has 0 bridgehead atoms. The van der Waals surface area contributed by atoms with E-state index in [1.54, 1.807) is 0 Å². The highest BCUT2D eigenvalue weighted by Crippen LogP contribution is 2.34. The van der Waals surface area contributed by atoms with Gasteiger partial charge in [-0.05, 0) is 25.2 Å². The first kappa shape index (κ1) is 15.3. The fraction of sp³-hybridized carbons (Fsp3) is 0.200. The van der Waals surface area contributed by atoms with Crippen molar-refractivity contribution in [2.45, 2.75) is 6.04 Å². The Morgan fingerprint density at radius 2 is 1.67 bits per heavy atom. The Balaban J connectivity index is 2.63. The van der Waals surface area contributed by atoms with Crippen LogP contribution in [0.5, 0.6) is 5.75 Å². The van der Waals surface area contributed by atoms with Crippen LogP contribution in [0.1, 0.15) is 17.2 Å². The molecule has 2 aromatic rings. The number of hydrogen-bond acceptors (Lipinski definition) is 2. The molecular formula is C15H13F4NO. The van der Waals surface area contributed by atoms with E-state index in [9.17, 15) is 17.6 Å². The van der Waals surface area contributed by atoms with E-state index in [4.69, 9.17) is 4.74 Å². The van der Waals surface area contributed by atoms with Crippen molar-refractivity contribution >= 4 is 0 Å². The van der Waals surface area contributed by atoms with Gasteiger partial charge in [-0.3, -0.25) is 0 Å². The molecule has 112 valence electrons. The van der Waals surface area contributed by atoms with Crippen molar-refractivity contribution in [3.8, 4) is 5.75 Å². The zero-order valence-electron chi connectivity index (χ0n) is 11.4. The average molecular weight is 299 g/mol. The van der Waals surface area contributed by atoms with Gasteiger partial charge in [0, 0.05) is 5.56 Å². The lowest BCUT2D eigenvalue weighted by atomic mass is 9.96. The molecule has 0 aliphatic heterocycles. The number of rotatable bonds is 4. The molecule has 2 nitrogen and oxygen atoms in total. The lowest BCUT2D eigenvalue weighted by Crippen LogP contribution is -2.21. The molecule has 0 heterocycles. The first-order valence-electron chi connectivity index (χ1n) is 6.14.